The summed E-state index contributed by atoms with van der Waals surface area (Å²) in [5.74, 6) is 0.344. The Morgan fingerprint density at radius 1 is 0.707 bits per heavy atom. The second-order valence-corrected chi connectivity index (χ2v) is 11.2. The molecule has 210 valence electrons. The number of benzene rings is 3. The van der Waals surface area contributed by atoms with Gasteiger partial charge in [-0.3, -0.25) is 4.57 Å². The number of nitrogens with two attached hydrogens (primary N) is 2. The van der Waals surface area contributed by atoms with Crippen molar-refractivity contribution in [1.29, 1.82) is 0 Å². The van der Waals surface area contributed by atoms with E-state index < -0.39 is 0 Å². The Balaban J connectivity index is 1.31. The number of thioether (sulfide) groups is 1. The van der Waals surface area contributed by atoms with Crippen molar-refractivity contribution in [2.24, 2.45) is 0 Å². The van der Waals surface area contributed by atoms with E-state index in [1.54, 1.807) is 18.1 Å². The lowest BCUT2D eigenvalue weighted by Crippen LogP contribution is -2.38. The largest absolute Gasteiger partial charge is 0.382 e. The molecule has 41 heavy (non-hydrogen) atoms. The predicted octanol–water partition coefficient (Wildman–Crippen LogP) is 4.99. The number of nitrogen functional groups attached to an aromatic ring is 2. The number of anilines is 2. The molecule has 5 aromatic rings. The third kappa shape index (κ3) is 6.36. The zero-order chi connectivity index (χ0) is 28.0. The van der Waals surface area contributed by atoms with Crippen molar-refractivity contribution < 1.29 is 14.2 Å². The molecule has 1 aliphatic heterocycles. The third-order valence-corrected chi connectivity index (χ3v) is 8.52. The van der Waals surface area contributed by atoms with Gasteiger partial charge < -0.3 is 25.7 Å². The zero-order valence-electron chi connectivity index (χ0n) is 22.5. The molecular weight excluding hydrogens is 536 g/mol. The molecule has 6 rings (SSSR count). The van der Waals surface area contributed by atoms with Crippen LogP contribution >= 0.6 is 11.8 Å². The topological polar surface area (TPSA) is 123 Å². The smallest absolute Gasteiger partial charge is 0.224 e. The van der Waals surface area contributed by atoms with Gasteiger partial charge >= 0.3 is 0 Å². The summed E-state index contributed by atoms with van der Waals surface area (Å²) in [5.41, 5.74) is 16.5. The Bertz CT molecular complexity index is 1550. The molecule has 9 nitrogen and oxygen atoms in total. The first-order chi connectivity index (χ1) is 20.2. The van der Waals surface area contributed by atoms with Crippen LogP contribution in [0.15, 0.2) is 97.3 Å². The molecule has 0 aliphatic carbocycles. The Labute approximate surface area is 242 Å². The van der Waals surface area contributed by atoms with E-state index in [0.29, 0.717) is 37.6 Å². The van der Waals surface area contributed by atoms with Crippen molar-refractivity contribution in [3.63, 3.8) is 0 Å². The van der Waals surface area contributed by atoms with Crippen molar-refractivity contribution in [3.05, 3.63) is 114 Å². The molecule has 10 heteroatoms. The molecule has 0 spiro atoms. The molecule has 0 bridgehead atoms. The molecule has 1 fully saturated rings. The van der Waals surface area contributed by atoms with Gasteiger partial charge in [-0.1, -0.05) is 91.0 Å². The molecule has 0 amide bonds. The molecule has 2 aromatic heterocycles. The summed E-state index contributed by atoms with van der Waals surface area (Å²) in [6, 6.07) is 30.4. The fourth-order valence-electron chi connectivity index (χ4n) is 4.99. The van der Waals surface area contributed by atoms with E-state index in [0.717, 1.165) is 16.7 Å². The monoisotopic (exact) mass is 568 g/mol. The van der Waals surface area contributed by atoms with Crippen LogP contribution in [-0.2, 0) is 34.0 Å². The minimum atomic E-state index is -0.343. The lowest BCUT2D eigenvalue weighted by atomic mass is 10.1. The van der Waals surface area contributed by atoms with Gasteiger partial charge in [0.15, 0.2) is 11.5 Å². The van der Waals surface area contributed by atoms with Crippen LogP contribution < -0.4 is 11.5 Å². The standard InChI is InChI=1S/C31H32N6O3S/c32-28-25-29(36-31(33)35-28)37(20-34-25)30-27(40-18-23-14-8-3-9-15-23)26(39-17-22-12-6-2-7-13-22)24(41-30)19-38-16-21-10-4-1-5-11-21/h1-15,20,24,26-27,30H,16-19H2,(H4,32,33,35,36)/t24-,26-,27+,30+/m1/s1. The summed E-state index contributed by atoms with van der Waals surface area (Å²) in [6.45, 7) is 1.87. The van der Waals surface area contributed by atoms with E-state index in [4.69, 9.17) is 25.7 Å². The second kappa shape index (κ2) is 12.7. The fraction of sp³-hybridized carbons (Fsp3) is 0.258. The average Bonchev–Trinajstić information content (AvgIpc) is 3.57. The van der Waals surface area contributed by atoms with Gasteiger partial charge in [0.1, 0.15) is 23.1 Å². The normalized spacial score (nSPS) is 20.5. The van der Waals surface area contributed by atoms with Gasteiger partial charge in [0.25, 0.3) is 0 Å². The van der Waals surface area contributed by atoms with Gasteiger partial charge in [0.05, 0.1) is 38.0 Å². The van der Waals surface area contributed by atoms with Crippen LogP contribution in [0.3, 0.4) is 0 Å². The number of fused-ring (bicyclic) bond motifs is 1. The summed E-state index contributed by atoms with van der Waals surface area (Å²) in [5, 5.41) is -0.245. The Morgan fingerprint density at radius 3 is 1.88 bits per heavy atom. The number of imidazole rings is 1. The minimum absolute atomic E-state index is 0.0258. The van der Waals surface area contributed by atoms with E-state index in [-0.39, 0.29) is 34.6 Å². The van der Waals surface area contributed by atoms with Gasteiger partial charge in [-0.25, -0.2) is 4.98 Å². The van der Waals surface area contributed by atoms with E-state index in [2.05, 4.69) is 51.4 Å². The van der Waals surface area contributed by atoms with E-state index in [9.17, 15) is 0 Å². The van der Waals surface area contributed by atoms with E-state index in [1.807, 2.05) is 59.2 Å². The van der Waals surface area contributed by atoms with Crippen molar-refractivity contribution in [2.75, 3.05) is 18.1 Å². The van der Waals surface area contributed by atoms with Crippen LogP contribution in [0.5, 0.6) is 0 Å². The maximum Gasteiger partial charge on any atom is 0.224 e. The summed E-state index contributed by atoms with van der Waals surface area (Å²) in [6.07, 6.45) is 1.11. The lowest BCUT2D eigenvalue weighted by molar-refractivity contribution is -0.0913. The van der Waals surface area contributed by atoms with Crippen LogP contribution in [0.4, 0.5) is 11.8 Å². The highest BCUT2D eigenvalue weighted by Gasteiger charge is 2.47. The van der Waals surface area contributed by atoms with Crippen LogP contribution in [-0.4, -0.2) is 43.6 Å². The molecule has 3 aromatic carbocycles. The third-order valence-electron chi connectivity index (χ3n) is 6.99. The number of ether oxygens (including phenoxy) is 3. The number of nitrogens with zero attached hydrogens (tertiary/aromatic N) is 4. The van der Waals surface area contributed by atoms with Crippen molar-refractivity contribution >= 4 is 34.7 Å². The van der Waals surface area contributed by atoms with Crippen molar-refractivity contribution in [2.45, 2.75) is 42.7 Å². The number of hydrogen-bond acceptors (Lipinski definition) is 9. The predicted molar refractivity (Wildman–Crippen MR) is 161 cm³/mol. The first-order valence-electron chi connectivity index (χ1n) is 13.5. The highest BCUT2D eigenvalue weighted by atomic mass is 32.2. The molecule has 4 N–H and O–H groups in total. The fourth-order valence-corrected chi connectivity index (χ4v) is 6.58. The van der Waals surface area contributed by atoms with Crippen LogP contribution in [0.25, 0.3) is 11.2 Å². The van der Waals surface area contributed by atoms with Gasteiger partial charge in [-0.2, -0.15) is 9.97 Å². The van der Waals surface area contributed by atoms with Gasteiger partial charge in [0.2, 0.25) is 5.95 Å². The van der Waals surface area contributed by atoms with Gasteiger partial charge in [-0.05, 0) is 16.7 Å². The number of rotatable bonds is 11. The molecule has 0 unspecified atom stereocenters. The Hall–Kier alpha value is -3.96. The molecule has 4 atom stereocenters. The molecule has 1 saturated heterocycles. The number of aromatic nitrogens is 4. The quantitative estimate of drug-likeness (QED) is 0.227. The van der Waals surface area contributed by atoms with Gasteiger partial charge in [-0.15, -0.1) is 11.8 Å². The molecular formula is C31H32N6O3S. The molecule has 3 heterocycles. The minimum Gasteiger partial charge on any atom is -0.382 e. The maximum atomic E-state index is 6.67. The molecule has 0 saturated carbocycles. The van der Waals surface area contributed by atoms with Crippen molar-refractivity contribution in [1.82, 2.24) is 19.5 Å². The Morgan fingerprint density at radius 2 is 1.27 bits per heavy atom. The molecule has 0 radical (unpaired) electrons. The summed E-state index contributed by atoms with van der Waals surface area (Å²) < 4.78 is 21.5. The van der Waals surface area contributed by atoms with Crippen LogP contribution in [0.2, 0.25) is 0 Å². The van der Waals surface area contributed by atoms with Crippen molar-refractivity contribution in [3.8, 4) is 0 Å². The first kappa shape index (κ1) is 27.2. The van der Waals surface area contributed by atoms with E-state index in [1.165, 1.54) is 0 Å². The first-order valence-corrected chi connectivity index (χ1v) is 14.4. The highest BCUT2D eigenvalue weighted by Crippen LogP contribution is 2.47. The zero-order valence-corrected chi connectivity index (χ0v) is 23.3. The number of hydrogen-bond donors (Lipinski definition) is 2. The summed E-state index contributed by atoms with van der Waals surface area (Å²) >= 11 is 1.72. The Kier molecular flexibility index (Phi) is 8.43. The second-order valence-electron chi connectivity index (χ2n) is 9.88. The van der Waals surface area contributed by atoms with Crippen LogP contribution in [0, 0.1) is 0 Å². The summed E-state index contributed by atoms with van der Waals surface area (Å²) in [7, 11) is 0. The average molecular weight is 569 g/mol. The highest BCUT2D eigenvalue weighted by molar-refractivity contribution is 8.00. The summed E-state index contributed by atoms with van der Waals surface area (Å²) in [4.78, 5) is 13.1. The van der Waals surface area contributed by atoms with E-state index >= 15 is 0 Å². The SMILES string of the molecule is Nc1nc(N)c2ncn([C@H]3S[C@H](COCc4ccccc4)[C@@H](OCc4ccccc4)[C@@H]3OCc3ccccc3)c2n1. The van der Waals surface area contributed by atoms with Crippen LogP contribution in [0.1, 0.15) is 22.1 Å². The maximum absolute atomic E-state index is 6.67. The lowest BCUT2D eigenvalue weighted by Gasteiger charge is -2.27. The molecule has 1 aliphatic rings. The van der Waals surface area contributed by atoms with Gasteiger partial charge in [0, 0.05) is 0 Å².